The van der Waals surface area contributed by atoms with Gasteiger partial charge in [-0.3, -0.25) is 11.2 Å². The molecule has 1 aromatic carbocycles. The van der Waals surface area contributed by atoms with E-state index in [1.54, 1.807) is 7.11 Å². The minimum absolute atomic E-state index is 0.536. The van der Waals surface area contributed by atoms with Gasteiger partial charge < -0.3 is 4.74 Å². The van der Waals surface area contributed by atoms with Gasteiger partial charge in [0.2, 0.25) is 0 Å². The molecule has 0 saturated heterocycles. The van der Waals surface area contributed by atoms with Crippen molar-refractivity contribution >= 4 is 11.6 Å². The monoisotopic (exact) mass is 243 g/mol. The molecule has 1 rings (SSSR count). The third kappa shape index (κ3) is 2.86. The number of rotatable bonds is 5. The highest BCUT2D eigenvalue weighted by atomic mass is 35.5. The second kappa shape index (κ2) is 6.06. The van der Waals surface area contributed by atoms with Crippen LogP contribution in [0, 0.1) is 13.8 Å². The lowest BCUT2D eigenvalue weighted by Crippen LogP contribution is -2.33. The average molecular weight is 244 g/mol. The van der Waals surface area contributed by atoms with Crippen molar-refractivity contribution < 1.29 is 4.74 Å². The molecule has 0 unspecified atom stereocenters. The number of halogens is 1. The SMILES string of the molecule is COc1cc(C)c(Cl)c(C)c1CNCNN. The molecule has 0 spiro atoms. The molecular formula is C11H18ClN3O. The van der Waals surface area contributed by atoms with E-state index in [0.717, 1.165) is 27.5 Å². The molecule has 0 aliphatic heterocycles. The first kappa shape index (κ1) is 13.3. The van der Waals surface area contributed by atoms with Crippen LogP contribution in [-0.2, 0) is 6.54 Å². The molecule has 0 fully saturated rings. The van der Waals surface area contributed by atoms with Gasteiger partial charge in [0.05, 0.1) is 13.8 Å². The normalized spacial score (nSPS) is 10.6. The zero-order valence-corrected chi connectivity index (χ0v) is 10.6. The van der Waals surface area contributed by atoms with Crippen LogP contribution in [0.15, 0.2) is 6.07 Å². The van der Waals surface area contributed by atoms with Gasteiger partial charge in [0.1, 0.15) is 5.75 Å². The summed E-state index contributed by atoms with van der Waals surface area (Å²) in [5.41, 5.74) is 5.67. The smallest absolute Gasteiger partial charge is 0.123 e. The van der Waals surface area contributed by atoms with Crippen molar-refractivity contribution in [1.82, 2.24) is 10.7 Å². The van der Waals surface area contributed by atoms with Crippen molar-refractivity contribution in [2.24, 2.45) is 5.84 Å². The molecule has 90 valence electrons. The van der Waals surface area contributed by atoms with Crippen molar-refractivity contribution in [3.8, 4) is 5.75 Å². The summed E-state index contributed by atoms with van der Waals surface area (Å²) in [4.78, 5) is 0. The number of benzene rings is 1. The van der Waals surface area contributed by atoms with Crippen molar-refractivity contribution in [2.75, 3.05) is 13.8 Å². The van der Waals surface area contributed by atoms with E-state index >= 15 is 0 Å². The van der Waals surface area contributed by atoms with Crippen LogP contribution >= 0.6 is 11.6 Å². The molecule has 0 heterocycles. The molecule has 0 atom stereocenters. The summed E-state index contributed by atoms with van der Waals surface area (Å²) in [7, 11) is 1.66. The molecule has 0 amide bonds. The van der Waals surface area contributed by atoms with Crippen LogP contribution in [0.25, 0.3) is 0 Å². The van der Waals surface area contributed by atoms with Gasteiger partial charge in [0, 0.05) is 17.1 Å². The number of hydrogen-bond donors (Lipinski definition) is 3. The number of hydrogen-bond acceptors (Lipinski definition) is 4. The van der Waals surface area contributed by atoms with Crippen molar-refractivity contribution in [2.45, 2.75) is 20.4 Å². The van der Waals surface area contributed by atoms with Crippen LogP contribution < -0.4 is 21.3 Å². The Bertz CT molecular complexity index is 369. The summed E-state index contributed by atoms with van der Waals surface area (Å²) in [6, 6.07) is 1.95. The summed E-state index contributed by atoms with van der Waals surface area (Å²) in [6.45, 7) is 5.16. The van der Waals surface area contributed by atoms with E-state index in [9.17, 15) is 0 Å². The van der Waals surface area contributed by atoms with Gasteiger partial charge in [-0.1, -0.05) is 11.6 Å². The number of aryl methyl sites for hydroxylation is 1. The van der Waals surface area contributed by atoms with Gasteiger partial charge >= 0.3 is 0 Å². The van der Waals surface area contributed by atoms with Crippen molar-refractivity contribution in [3.63, 3.8) is 0 Å². The third-order valence-corrected chi connectivity index (χ3v) is 3.10. The van der Waals surface area contributed by atoms with Crippen LogP contribution in [0.5, 0.6) is 5.75 Å². The fourth-order valence-corrected chi connectivity index (χ4v) is 1.79. The Hall–Kier alpha value is -0.810. The Labute approximate surface area is 101 Å². The Morgan fingerprint density at radius 3 is 2.69 bits per heavy atom. The molecule has 0 aromatic heterocycles. The Morgan fingerprint density at radius 1 is 1.44 bits per heavy atom. The quantitative estimate of drug-likeness (QED) is 0.317. The van der Waals surface area contributed by atoms with Gasteiger partial charge in [-0.15, -0.1) is 0 Å². The molecular weight excluding hydrogens is 226 g/mol. The highest BCUT2D eigenvalue weighted by Gasteiger charge is 2.11. The number of methoxy groups -OCH3 is 1. The van der Waals surface area contributed by atoms with E-state index in [0.29, 0.717) is 13.2 Å². The summed E-state index contributed by atoms with van der Waals surface area (Å²) in [5.74, 6) is 6.04. The van der Waals surface area contributed by atoms with E-state index in [1.165, 1.54) is 0 Å². The predicted molar refractivity (Wildman–Crippen MR) is 66.5 cm³/mol. The second-order valence-corrected chi connectivity index (χ2v) is 4.00. The first-order chi connectivity index (χ1) is 7.61. The fourth-order valence-electron chi connectivity index (χ4n) is 1.62. The van der Waals surface area contributed by atoms with E-state index in [1.807, 2.05) is 19.9 Å². The van der Waals surface area contributed by atoms with Crippen LogP contribution in [-0.4, -0.2) is 13.8 Å². The lowest BCUT2D eigenvalue weighted by molar-refractivity contribution is 0.406. The minimum atomic E-state index is 0.536. The Balaban J connectivity index is 3.00. The summed E-state index contributed by atoms with van der Waals surface area (Å²) < 4.78 is 5.34. The molecule has 0 radical (unpaired) electrons. The maximum absolute atomic E-state index is 6.20. The van der Waals surface area contributed by atoms with E-state index in [2.05, 4.69) is 10.7 Å². The number of nitrogens with two attached hydrogens (primary N) is 1. The van der Waals surface area contributed by atoms with Crippen molar-refractivity contribution in [1.29, 1.82) is 0 Å². The van der Waals surface area contributed by atoms with Gasteiger partial charge in [0.15, 0.2) is 0 Å². The van der Waals surface area contributed by atoms with Crippen LogP contribution in [0.1, 0.15) is 16.7 Å². The van der Waals surface area contributed by atoms with E-state index < -0.39 is 0 Å². The van der Waals surface area contributed by atoms with Crippen LogP contribution in [0.4, 0.5) is 0 Å². The standard InChI is InChI=1S/C11H18ClN3O/c1-7-4-10(16-3)9(5-14-6-15-13)8(2)11(7)12/h4,14-15H,5-6,13H2,1-3H3. The van der Waals surface area contributed by atoms with E-state index in [4.69, 9.17) is 22.2 Å². The third-order valence-electron chi connectivity index (χ3n) is 2.52. The highest BCUT2D eigenvalue weighted by Crippen LogP contribution is 2.31. The molecule has 5 heteroatoms. The van der Waals surface area contributed by atoms with Crippen LogP contribution in [0.3, 0.4) is 0 Å². The summed E-state index contributed by atoms with van der Waals surface area (Å²) >= 11 is 6.20. The Kier molecular flexibility index (Phi) is 5.02. The first-order valence-electron chi connectivity index (χ1n) is 5.08. The molecule has 4 nitrogen and oxygen atoms in total. The van der Waals surface area contributed by atoms with Crippen LogP contribution in [0.2, 0.25) is 5.02 Å². The average Bonchev–Trinajstić information content (AvgIpc) is 2.29. The maximum Gasteiger partial charge on any atom is 0.123 e. The number of hydrazine groups is 1. The molecule has 0 bridgehead atoms. The van der Waals surface area contributed by atoms with Gasteiger partial charge in [-0.2, -0.15) is 0 Å². The first-order valence-corrected chi connectivity index (χ1v) is 5.46. The topological polar surface area (TPSA) is 59.3 Å². The zero-order valence-electron chi connectivity index (χ0n) is 9.86. The fraction of sp³-hybridized carbons (Fsp3) is 0.455. The predicted octanol–water partition coefficient (Wildman–Crippen LogP) is 1.48. The van der Waals surface area contributed by atoms with Gasteiger partial charge in [0.25, 0.3) is 0 Å². The molecule has 16 heavy (non-hydrogen) atoms. The largest absolute Gasteiger partial charge is 0.496 e. The minimum Gasteiger partial charge on any atom is -0.496 e. The highest BCUT2D eigenvalue weighted by molar-refractivity contribution is 6.32. The summed E-state index contributed by atoms with van der Waals surface area (Å²) in [5, 5.41) is 3.93. The number of nitrogens with one attached hydrogen (secondary N) is 2. The van der Waals surface area contributed by atoms with Crippen molar-refractivity contribution in [3.05, 3.63) is 27.8 Å². The van der Waals surface area contributed by atoms with Gasteiger partial charge in [-0.25, -0.2) is 5.43 Å². The Morgan fingerprint density at radius 2 is 2.12 bits per heavy atom. The summed E-state index contributed by atoms with van der Waals surface area (Å²) in [6.07, 6.45) is 0. The lowest BCUT2D eigenvalue weighted by atomic mass is 10.0. The second-order valence-electron chi connectivity index (χ2n) is 3.62. The molecule has 4 N–H and O–H groups in total. The van der Waals surface area contributed by atoms with E-state index in [-0.39, 0.29) is 0 Å². The molecule has 0 saturated carbocycles. The zero-order chi connectivity index (χ0) is 12.1. The molecule has 0 aliphatic rings. The maximum atomic E-state index is 6.20. The lowest BCUT2D eigenvalue weighted by Gasteiger charge is -2.15. The molecule has 0 aliphatic carbocycles. The molecule has 1 aromatic rings. The van der Waals surface area contributed by atoms with Gasteiger partial charge in [-0.05, 0) is 31.0 Å². The number of ether oxygens (including phenoxy) is 1.